The second kappa shape index (κ2) is 9.62. The molecule has 2 rings (SSSR count). The summed E-state index contributed by atoms with van der Waals surface area (Å²) >= 11 is 0. The van der Waals surface area contributed by atoms with Gasteiger partial charge in [-0.2, -0.15) is 0 Å². The molecule has 132 valence electrons. The zero-order valence-corrected chi connectivity index (χ0v) is 14.5. The minimum atomic E-state index is -0.845. The maximum absolute atomic E-state index is 12.8. The lowest BCUT2D eigenvalue weighted by molar-refractivity contribution is -0.137. The standard InChI is InChI=1S/C21H25NO3/c1-2-19(17-11-7-4-8-12-17)21(25)22-18(13-14-20(23)24)15-16-9-5-3-6-10-16/h3-12,18-19H,2,13-15H2,1H3,(H,22,25)(H,23,24). The van der Waals surface area contributed by atoms with Crippen LogP contribution in [0.2, 0.25) is 0 Å². The summed E-state index contributed by atoms with van der Waals surface area (Å²) in [4.78, 5) is 23.7. The van der Waals surface area contributed by atoms with Crippen LogP contribution in [0.5, 0.6) is 0 Å². The largest absolute Gasteiger partial charge is 0.481 e. The predicted octanol–water partition coefficient (Wildman–Crippen LogP) is 3.77. The number of nitrogens with one attached hydrogen (secondary N) is 1. The molecule has 0 aromatic heterocycles. The van der Waals surface area contributed by atoms with Crippen LogP contribution in [0, 0.1) is 0 Å². The third kappa shape index (κ3) is 6.07. The van der Waals surface area contributed by atoms with E-state index in [0.29, 0.717) is 19.3 Å². The lowest BCUT2D eigenvalue weighted by Crippen LogP contribution is -2.39. The fourth-order valence-electron chi connectivity index (χ4n) is 2.98. The van der Waals surface area contributed by atoms with Crippen molar-refractivity contribution in [3.8, 4) is 0 Å². The number of carbonyl (C=O) groups is 2. The highest BCUT2D eigenvalue weighted by Crippen LogP contribution is 2.20. The molecule has 0 aliphatic heterocycles. The van der Waals surface area contributed by atoms with Crippen LogP contribution >= 0.6 is 0 Å². The Balaban J connectivity index is 2.08. The average Bonchev–Trinajstić information content (AvgIpc) is 2.62. The third-order valence-electron chi connectivity index (χ3n) is 4.30. The number of carbonyl (C=O) groups excluding carboxylic acids is 1. The maximum Gasteiger partial charge on any atom is 0.303 e. The molecule has 0 heterocycles. The van der Waals surface area contributed by atoms with Crippen molar-refractivity contribution >= 4 is 11.9 Å². The molecule has 2 atom stereocenters. The second-order valence-electron chi connectivity index (χ2n) is 6.20. The number of hydrogen-bond donors (Lipinski definition) is 2. The molecule has 4 heteroatoms. The summed E-state index contributed by atoms with van der Waals surface area (Å²) in [5.74, 6) is -1.10. The van der Waals surface area contributed by atoms with Gasteiger partial charge in [-0.15, -0.1) is 0 Å². The van der Waals surface area contributed by atoms with E-state index in [1.165, 1.54) is 0 Å². The Morgan fingerprint density at radius 3 is 2.16 bits per heavy atom. The molecule has 0 fully saturated rings. The predicted molar refractivity (Wildman–Crippen MR) is 98.4 cm³/mol. The number of carboxylic acid groups (broad SMARTS) is 1. The number of carboxylic acids is 1. The summed E-state index contributed by atoms with van der Waals surface area (Å²) in [5.41, 5.74) is 2.07. The topological polar surface area (TPSA) is 66.4 Å². The van der Waals surface area contributed by atoms with Crippen LogP contribution in [0.1, 0.15) is 43.2 Å². The first-order valence-corrected chi connectivity index (χ1v) is 8.71. The summed E-state index contributed by atoms with van der Waals surface area (Å²) < 4.78 is 0. The number of benzene rings is 2. The first kappa shape index (κ1) is 18.7. The molecule has 2 N–H and O–H groups in total. The van der Waals surface area contributed by atoms with Gasteiger partial charge in [-0.3, -0.25) is 9.59 Å². The molecule has 0 aliphatic carbocycles. The van der Waals surface area contributed by atoms with Crippen LogP contribution in [0.25, 0.3) is 0 Å². The van der Waals surface area contributed by atoms with Gasteiger partial charge in [-0.25, -0.2) is 0 Å². The fourth-order valence-corrected chi connectivity index (χ4v) is 2.98. The molecule has 0 spiro atoms. The third-order valence-corrected chi connectivity index (χ3v) is 4.30. The number of amides is 1. The van der Waals surface area contributed by atoms with Gasteiger partial charge >= 0.3 is 5.97 Å². The molecular weight excluding hydrogens is 314 g/mol. The molecule has 0 saturated heterocycles. The van der Waals surface area contributed by atoms with E-state index in [2.05, 4.69) is 5.32 Å². The van der Waals surface area contributed by atoms with Gasteiger partial charge in [-0.1, -0.05) is 67.6 Å². The van der Waals surface area contributed by atoms with Crippen molar-refractivity contribution in [2.45, 2.75) is 44.6 Å². The van der Waals surface area contributed by atoms with Gasteiger partial charge in [0.2, 0.25) is 5.91 Å². The van der Waals surface area contributed by atoms with Crippen LogP contribution < -0.4 is 5.32 Å². The lowest BCUT2D eigenvalue weighted by Gasteiger charge is -2.22. The monoisotopic (exact) mass is 339 g/mol. The number of hydrogen-bond acceptors (Lipinski definition) is 2. The zero-order chi connectivity index (χ0) is 18.1. The van der Waals surface area contributed by atoms with Crippen molar-refractivity contribution in [2.75, 3.05) is 0 Å². The van der Waals surface area contributed by atoms with Gasteiger partial charge in [0.15, 0.2) is 0 Å². The van der Waals surface area contributed by atoms with E-state index in [1.54, 1.807) is 0 Å². The van der Waals surface area contributed by atoms with Gasteiger partial charge in [0, 0.05) is 12.5 Å². The Labute approximate surface area is 148 Å². The molecule has 25 heavy (non-hydrogen) atoms. The number of rotatable bonds is 9. The normalized spacial score (nSPS) is 13.0. The summed E-state index contributed by atoms with van der Waals surface area (Å²) in [7, 11) is 0. The van der Waals surface area contributed by atoms with Gasteiger partial charge in [0.1, 0.15) is 0 Å². The lowest BCUT2D eigenvalue weighted by atomic mass is 9.94. The van der Waals surface area contributed by atoms with Crippen LogP contribution in [0.15, 0.2) is 60.7 Å². The minimum Gasteiger partial charge on any atom is -0.481 e. The highest BCUT2D eigenvalue weighted by molar-refractivity contribution is 5.83. The Morgan fingerprint density at radius 2 is 1.60 bits per heavy atom. The minimum absolute atomic E-state index is 0.0416. The molecule has 2 unspecified atom stereocenters. The van der Waals surface area contributed by atoms with Gasteiger partial charge in [-0.05, 0) is 30.4 Å². The van der Waals surface area contributed by atoms with Crippen LogP contribution in [-0.4, -0.2) is 23.0 Å². The van der Waals surface area contributed by atoms with Gasteiger partial charge in [0.25, 0.3) is 0 Å². The van der Waals surface area contributed by atoms with Crippen molar-refractivity contribution in [3.05, 3.63) is 71.8 Å². The molecular formula is C21H25NO3. The van der Waals surface area contributed by atoms with E-state index in [9.17, 15) is 9.59 Å². The second-order valence-corrected chi connectivity index (χ2v) is 6.20. The molecule has 0 saturated carbocycles. The molecule has 0 radical (unpaired) electrons. The first-order chi connectivity index (χ1) is 12.1. The summed E-state index contributed by atoms with van der Waals surface area (Å²) in [6.07, 6.45) is 1.79. The Bertz CT molecular complexity index is 670. The molecule has 1 amide bonds. The van der Waals surface area contributed by atoms with Gasteiger partial charge < -0.3 is 10.4 Å². The van der Waals surface area contributed by atoms with E-state index < -0.39 is 5.97 Å². The first-order valence-electron chi connectivity index (χ1n) is 8.71. The van der Waals surface area contributed by atoms with Crippen molar-refractivity contribution in [1.29, 1.82) is 0 Å². The smallest absolute Gasteiger partial charge is 0.303 e. The van der Waals surface area contributed by atoms with Gasteiger partial charge in [0.05, 0.1) is 5.92 Å². The van der Waals surface area contributed by atoms with Crippen molar-refractivity contribution < 1.29 is 14.7 Å². The highest BCUT2D eigenvalue weighted by Gasteiger charge is 2.22. The molecule has 0 aliphatic rings. The van der Waals surface area contributed by atoms with E-state index >= 15 is 0 Å². The molecule has 0 bridgehead atoms. The summed E-state index contributed by atoms with van der Waals surface area (Å²) in [6, 6.07) is 19.3. The zero-order valence-electron chi connectivity index (χ0n) is 14.5. The molecule has 2 aromatic rings. The van der Waals surface area contributed by atoms with E-state index in [-0.39, 0.29) is 24.3 Å². The Kier molecular flexibility index (Phi) is 7.20. The van der Waals surface area contributed by atoms with Crippen molar-refractivity contribution in [2.24, 2.45) is 0 Å². The SMILES string of the molecule is CCC(C(=O)NC(CCC(=O)O)Cc1ccccc1)c1ccccc1. The molecule has 2 aromatic carbocycles. The average molecular weight is 339 g/mol. The molecule has 4 nitrogen and oxygen atoms in total. The van der Waals surface area contributed by atoms with Crippen LogP contribution in [0.4, 0.5) is 0 Å². The number of aliphatic carboxylic acids is 1. The van der Waals surface area contributed by atoms with E-state index in [0.717, 1.165) is 11.1 Å². The van der Waals surface area contributed by atoms with Crippen molar-refractivity contribution in [1.82, 2.24) is 5.32 Å². The summed E-state index contributed by atoms with van der Waals surface area (Å²) in [6.45, 7) is 1.99. The maximum atomic E-state index is 12.8. The van der Waals surface area contributed by atoms with E-state index in [4.69, 9.17) is 5.11 Å². The van der Waals surface area contributed by atoms with E-state index in [1.807, 2.05) is 67.6 Å². The highest BCUT2D eigenvalue weighted by atomic mass is 16.4. The Morgan fingerprint density at radius 1 is 1.00 bits per heavy atom. The quantitative estimate of drug-likeness (QED) is 0.731. The Hall–Kier alpha value is -2.62. The summed E-state index contributed by atoms with van der Waals surface area (Å²) in [5, 5.41) is 12.1. The van der Waals surface area contributed by atoms with Crippen LogP contribution in [0.3, 0.4) is 0 Å². The fraction of sp³-hybridized carbons (Fsp3) is 0.333. The van der Waals surface area contributed by atoms with Crippen molar-refractivity contribution in [3.63, 3.8) is 0 Å². The van der Waals surface area contributed by atoms with Crippen LogP contribution in [-0.2, 0) is 16.0 Å².